The van der Waals surface area contributed by atoms with Gasteiger partial charge in [0.25, 0.3) is 5.91 Å². The number of nitrogens with zero attached hydrogens (tertiary/aromatic N) is 4. The lowest BCUT2D eigenvalue weighted by molar-refractivity contribution is -0.158. The molecule has 3 aliphatic heterocycles. The molecular weight excluding hydrogens is 614 g/mol. The number of ether oxygens (including phenoxy) is 1. The SMILES string of the molecule is CCCCCC(CC(=O)N1N=CCCC1C(=O)N[C@H]1COC(=O)C2CCC=NN2C(=O)[C@H](C)NC(=O)[C@@H](CC(C)C)NC1=O)C(=O)O. The maximum atomic E-state index is 13.6. The number of cyclic esters (lactones) is 1. The average molecular weight is 662 g/mol. The highest BCUT2D eigenvalue weighted by atomic mass is 16.5. The number of nitrogens with one attached hydrogen (secondary N) is 3. The van der Waals surface area contributed by atoms with E-state index in [1.54, 1.807) is 0 Å². The minimum atomic E-state index is -1.48. The van der Waals surface area contributed by atoms with E-state index < -0.39 is 84.2 Å². The summed E-state index contributed by atoms with van der Waals surface area (Å²) in [6, 6.07) is -5.92. The van der Waals surface area contributed by atoms with Gasteiger partial charge in [0.1, 0.15) is 30.8 Å². The lowest BCUT2D eigenvalue weighted by Gasteiger charge is -2.31. The van der Waals surface area contributed by atoms with Crippen LogP contribution in [-0.2, 0) is 38.3 Å². The van der Waals surface area contributed by atoms with Crippen LogP contribution in [0.15, 0.2) is 10.2 Å². The molecule has 0 aliphatic carbocycles. The lowest BCUT2D eigenvalue weighted by Crippen LogP contribution is -2.59. The van der Waals surface area contributed by atoms with E-state index >= 15 is 0 Å². The van der Waals surface area contributed by atoms with Gasteiger partial charge in [-0.05, 0) is 51.4 Å². The second kappa shape index (κ2) is 17.5. The monoisotopic (exact) mass is 661 g/mol. The highest BCUT2D eigenvalue weighted by Crippen LogP contribution is 2.21. The number of carbonyl (C=O) groups is 7. The summed E-state index contributed by atoms with van der Waals surface area (Å²) in [5, 5.41) is 27.5. The zero-order valence-electron chi connectivity index (χ0n) is 27.5. The molecule has 0 spiro atoms. The van der Waals surface area contributed by atoms with E-state index in [4.69, 9.17) is 4.74 Å². The Hall–Kier alpha value is -4.37. The Kier molecular flexibility index (Phi) is 13.8. The van der Waals surface area contributed by atoms with Gasteiger partial charge in [-0.3, -0.25) is 28.8 Å². The van der Waals surface area contributed by atoms with Crippen molar-refractivity contribution in [3.05, 3.63) is 0 Å². The largest absolute Gasteiger partial charge is 0.481 e. The van der Waals surface area contributed by atoms with Crippen molar-refractivity contribution in [3.63, 3.8) is 0 Å². The lowest BCUT2D eigenvalue weighted by atomic mass is 9.97. The minimum absolute atomic E-state index is 0.0500. The predicted octanol–water partition coefficient (Wildman–Crippen LogP) is 0.688. The van der Waals surface area contributed by atoms with Crippen LogP contribution in [0.1, 0.15) is 91.9 Å². The Morgan fingerprint density at radius 3 is 2.43 bits per heavy atom. The van der Waals surface area contributed by atoms with Crippen molar-refractivity contribution in [1.82, 2.24) is 26.0 Å². The number of carboxylic acid groups (broad SMARTS) is 1. The molecule has 0 aromatic carbocycles. The Morgan fingerprint density at radius 1 is 1.04 bits per heavy atom. The molecule has 0 aromatic rings. The highest BCUT2D eigenvalue weighted by molar-refractivity contribution is 5.97. The molecule has 0 aromatic heterocycles. The van der Waals surface area contributed by atoms with E-state index in [9.17, 15) is 38.7 Å². The van der Waals surface area contributed by atoms with E-state index in [0.29, 0.717) is 25.7 Å². The zero-order chi connectivity index (χ0) is 34.7. The molecule has 0 saturated carbocycles. The van der Waals surface area contributed by atoms with Crippen LogP contribution in [0.25, 0.3) is 0 Å². The average Bonchev–Trinajstić information content (AvgIpc) is 3.04. The first-order valence-electron chi connectivity index (χ1n) is 16.3. The van der Waals surface area contributed by atoms with E-state index in [1.807, 2.05) is 20.8 Å². The molecule has 16 nitrogen and oxygen atoms in total. The second-order valence-electron chi connectivity index (χ2n) is 12.6. The molecule has 1 saturated heterocycles. The summed E-state index contributed by atoms with van der Waals surface area (Å²) in [6.07, 6.45) is 6.49. The van der Waals surface area contributed by atoms with Crippen LogP contribution in [-0.4, -0.2) is 106 Å². The number of esters is 1. The molecule has 3 heterocycles. The van der Waals surface area contributed by atoms with Crippen molar-refractivity contribution in [3.8, 4) is 0 Å². The first-order valence-corrected chi connectivity index (χ1v) is 16.3. The smallest absolute Gasteiger partial charge is 0.331 e. The van der Waals surface area contributed by atoms with Gasteiger partial charge < -0.3 is 25.8 Å². The molecule has 5 amide bonds. The van der Waals surface area contributed by atoms with Gasteiger partial charge in [0.15, 0.2) is 6.04 Å². The number of hydrogen-bond acceptors (Lipinski definition) is 10. The Morgan fingerprint density at radius 2 is 1.74 bits per heavy atom. The van der Waals surface area contributed by atoms with Crippen molar-refractivity contribution in [1.29, 1.82) is 0 Å². The standard InChI is InChI=1S/C31H47N7O9/c1-5-6-7-10-20(30(44)45)16-25(39)37-23(11-8-13-32-37)28(42)36-22-17-47-31(46)24-12-9-14-33-38(24)29(43)19(4)34-26(40)21(15-18(2)3)35-27(22)41/h13-14,18-24H,5-12,15-17H2,1-4H3,(H,34,40)(H,35,41)(H,36,42)(H,44,45)/t19-,20?,21+,22-,23?,24?/m0/s1. The Labute approximate surface area is 274 Å². The molecule has 47 heavy (non-hydrogen) atoms. The van der Waals surface area contributed by atoms with E-state index in [2.05, 4.69) is 26.2 Å². The fraction of sp³-hybridized carbons (Fsp3) is 0.710. The van der Waals surface area contributed by atoms with E-state index in [0.717, 1.165) is 22.9 Å². The molecule has 16 heteroatoms. The number of hydrogen-bond donors (Lipinski definition) is 4. The number of amides is 5. The molecule has 260 valence electrons. The number of rotatable bonds is 11. The minimum Gasteiger partial charge on any atom is -0.481 e. The fourth-order valence-electron chi connectivity index (χ4n) is 5.59. The maximum absolute atomic E-state index is 13.6. The number of carbonyl (C=O) groups excluding carboxylic acids is 6. The number of unbranched alkanes of at least 4 members (excludes halogenated alkanes) is 2. The van der Waals surface area contributed by atoms with Gasteiger partial charge in [0, 0.05) is 18.9 Å². The number of fused-ring (bicyclic) bond motifs is 1. The summed E-state index contributed by atoms with van der Waals surface area (Å²) < 4.78 is 5.46. The second-order valence-corrected chi connectivity index (χ2v) is 12.6. The van der Waals surface area contributed by atoms with Crippen molar-refractivity contribution in [2.75, 3.05) is 6.61 Å². The van der Waals surface area contributed by atoms with Gasteiger partial charge in [0.2, 0.25) is 23.6 Å². The number of aliphatic carboxylic acids is 1. The van der Waals surface area contributed by atoms with Crippen molar-refractivity contribution in [2.24, 2.45) is 22.0 Å². The third kappa shape index (κ3) is 10.3. The van der Waals surface area contributed by atoms with Gasteiger partial charge in [-0.2, -0.15) is 10.2 Å². The molecule has 0 bridgehead atoms. The molecule has 0 radical (unpaired) electrons. The van der Waals surface area contributed by atoms with Crippen LogP contribution >= 0.6 is 0 Å². The number of carboxylic acids is 1. The predicted molar refractivity (Wildman–Crippen MR) is 168 cm³/mol. The van der Waals surface area contributed by atoms with Crippen LogP contribution < -0.4 is 16.0 Å². The Balaban J connectivity index is 1.85. The third-order valence-electron chi connectivity index (χ3n) is 8.22. The summed E-state index contributed by atoms with van der Waals surface area (Å²) >= 11 is 0. The first-order chi connectivity index (χ1) is 22.3. The summed E-state index contributed by atoms with van der Waals surface area (Å²) in [5.74, 6) is -6.46. The fourth-order valence-corrected chi connectivity index (χ4v) is 5.59. The molecule has 3 unspecified atom stereocenters. The Bertz CT molecular complexity index is 1250. The molecule has 1 fully saturated rings. The highest BCUT2D eigenvalue weighted by Gasteiger charge is 2.40. The number of hydrazone groups is 2. The summed E-state index contributed by atoms with van der Waals surface area (Å²) in [4.78, 5) is 91.9. The van der Waals surface area contributed by atoms with E-state index in [1.165, 1.54) is 19.4 Å². The molecule has 6 atom stereocenters. The maximum Gasteiger partial charge on any atom is 0.331 e. The normalized spacial score (nSPS) is 26.2. The van der Waals surface area contributed by atoms with Crippen LogP contribution in [0, 0.1) is 11.8 Å². The van der Waals surface area contributed by atoms with Gasteiger partial charge in [0.05, 0.1) is 5.92 Å². The van der Waals surface area contributed by atoms with Crippen LogP contribution in [0.2, 0.25) is 0 Å². The third-order valence-corrected chi connectivity index (χ3v) is 8.22. The molecule has 3 aliphatic rings. The molecular formula is C31H47N7O9. The first kappa shape index (κ1) is 37.1. The van der Waals surface area contributed by atoms with Crippen molar-refractivity contribution < 1.29 is 43.4 Å². The summed E-state index contributed by atoms with van der Waals surface area (Å²) in [6.45, 7) is 6.49. The van der Waals surface area contributed by atoms with Gasteiger partial charge in [-0.25, -0.2) is 14.8 Å². The van der Waals surface area contributed by atoms with Crippen LogP contribution in [0.3, 0.4) is 0 Å². The quantitative estimate of drug-likeness (QED) is 0.181. The van der Waals surface area contributed by atoms with Gasteiger partial charge >= 0.3 is 11.9 Å². The van der Waals surface area contributed by atoms with Crippen LogP contribution in [0.4, 0.5) is 0 Å². The summed E-state index contributed by atoms with van der Waals surface area (Å²) in [7, 11) is 0. The van der Waals surface area contributed by atoms with Crippen molar-refractivity contribution >= 4 is 53.9 Å². The molecule has 3 rings (SSSR count). The zero-order valence-corrected chi connectivity index (χ0v) is 27.5. The van der Waals surface area contributed by atoms with Crippen LogP contribution in [0.5, 0.6) is 0 Å². The van der Waals surface area contributed by atoms with Gasteiger partial charge in [-0.1, -0.05) is 40.0 Å². The van der Waals surface area contributed by atoms with Gasteiger partial charge in [-0.15, -0.1) is 0 Å². The molecule has 4 N–H and O–H groups in total. The van der Waals surface area contributed by atoms with Crippen molar-refractivity contribution in [2.45, 2.75) is 122 Å². The summed E-state index contributed by atoms with van der Waals surface area (Å²) in [5.41, 5.74) is 0. The van der Waals surface area contributed by atoms with E-state index in [-0.39, 0.29) is 31.6 Å². The topological polar surface area (TPSA) is 216 Å².